The largest absolute Gasteiger partial charge is 0.452 e. The Kier molecular flexibility index (Phi) is 6.20. The molecule has 1 atom stereocenters. The van der Waals surface area contributed by atoms with Crippen molar-refractivity contribution in [3.8, 4) is 0 Å². The quantitative estimate of drug-likeness (QED) is 0.464. The van der Waals surface area contributed by atoms with Crippen LogP contribution >= 0.6 is 0 Å². The molecule has 1 unspecified atom stereocenters. The van der Waals surface area contributed by atoms with Gasteiger partial charge in [0, 0.05) is 24.3 Å². The third-order valence-corrected chi connectivity index (χ3v) is 5.60. The lowest BCUT2D eigenvalue weighted by atomic mass is 9.97. The lowest BCUT2D eigenvalue weighted by molar-refractivity contribution is -0.158. The highest BCUT2D eigenvalue weighted by Crippen LogP contribution is 2.27. The van der Waals surface area contributed by atoms with Crippen LogP contribution in [0.3, 0.4) is 0 Å². The van der Waals surface area contributed by atoms with Crippen LogP contribution < -0.4 is 10.2 Å². The van der Waals surface area contributed by atoms with Crippen LogP contribution in [0.5, 0.6) is 0 Å². The molecule has 1 aliphatic heterocycles. The van der Waals surface area contributed by atoms with Gasteiger partial charge in [-0.05, 0) is 63.1 Å². The Morgan fingerprint density at radius 2 is 1.78 bits per heavy atom. The molecule has 0 bridgehead atoms. The number of anilines is 2. The number of nitrogens with one attached hydrogen (secondary N) is 1. The Labute approximate surface area is 185 Å². The van der Waals surface area contributed by atoms with Crippen molar-refractivity contribution in [2.24, 2.45) is 5.92 Å². The summed E-state index contributed by atoms with van der Waals surface area (Å²) in [7, 11) is 0. The van der Waals surface area contributed by atoms with E-state index in [-0.39, 0.29) is 17.7 Å². The van der Waals surface area contributed by atoms with E-state index >= 15 is 0 Å². The number of hydrogen-bond acceptors (Lipinski definition) is 7. The first-order chi connectivity index (χ1) is 15.4. The summed E-state index contributed by atoms with van der Waals surface area (Å²) in [4.78, 5) is 42.8. The van der Waals surface area contributed by atoms with Gasteiger partial charge in [-0.2, -0.15) is 4.98 Å². The van der Waals surface area contributed by atoms with E-state index in [0.717, 1.165) is 11.1 Å². The van der Waals surface area contributed by atoms with Crippen molar-refractivity contribution in [3.63, 3.8) is 0 Å². The topological polar surface area (TPSA) is 102 Å². The number of rotatable bonds is 6. The Morgan fingerprint density at radius 3 is 2.44 bits per heavy atom. The van der Waals surface area contributed by atoms with Crippen LogP contribution in [0.25, 0.3) is 11.1 Å². The fraction of sp³-hybridized carbons (Fsp3) is 0.333. The molecule has 166 valence electrons. The molecule has 0 radical (unpaired) electrons. The maximum absolute atomic E-state index is 12.6. The fourth-order valence-corrected chi connectivity index (χ4v) is 3.66. The second-order valence-electron chi connectivity index (χ2n) is 7.93. The average Bonchev–Trinajstić information content (AvgIpc) is 3.24. The summed E-state index contributed by atoms with van der Waals surface area (Å²) in [6.07, 6.45) is 0.265. The summed E-state index contributed by atoms with van der Waals surface area (Å²) in [6, 6.07) is 14.7. The van der Waals surface area contributed by atoms with E-state index in [1.807, 2.05) is 29.2 Å². The van der Waals surface area contributed by atoms with Crippen LogP contribution in [-0.2, 0) is 14.3 Å². The monoisotopic (exact) mass is 435 g/mol. The van der Waals surface area contributed by atoms with E-state index in [1.165, 1.54) is 6.92 Å². The van der Waals surface area contributed by atoms with Crippen LogP contribution in [-0.4, -0.2) is 41.8 Å². The number of benzene rings is 2. The number of amides is 1. The molecule has 0 saturated carbocycles. The number of carbonyl (C=O) groups is 3. The fourth-order valence-electron chi connectivity index (χ4n) is 3.66. The standard InChI is InChI=1S/C24H25N3O5/c1-15(28)17-7-9-19(10-8-17)25-22(29)16(2)31-23(30)18-11-13-27(14-12-18)24-26-20-5-3-4-6-21(20)32-24/h3-10,16,18H,11-14H2,1-2H3,(H,25,29). The maximum Gasteiger partial charge on any atom is 0.309 e. The van der Waals surface area contributed by atoms with Gasteiger partial charge in [0.25, 0.3) is 11.9 Å². The zero-order chi connectivity index (χ0) is 22.7. The number of hydrogen-bond donors (Lipinski definition) is 1. The normalized spacial score (nSPS) is 15.4. The molecule has 1 fully saturated rings. The third-order valence-electron chi connectivity index (χ3n) is 5.60. The molecule has 1 saturated heterocycles. The minimum atomic E-state index is -0.926. The lowest BCUT2D eigenvalue weighted by Gasteiger charge is -2.30. The molecule has 1 aromatic heterocycles. The minimum absolute atomic E-state index is 0.0488. The van der Waals surface area contributed by atoms with Crippen LogP contribution in [0, 0.1) is 5.92 Å². The number of oxazole rings is 1. The van der Waals surface area contributed by atoms with Crippen molar-refractivity contribution in [1.82, 2.24) is 4.98 Å². The molecular formula is C24H25N3O5. The van der Waals surface area contributed by atoms with E-state index in [0.29, 0.717) is 43.2 Å². The van der Waals surface area contributed by atoms with Crippen molar-refractivity contribution < 1.29 is 23.5 Å². The zero-order valence-corrected chi connectivity index (χ0v) is 18.0. The second-order valence-corrected chi connectivity index (χ2v) is 7.93. The molecular weight excluding hydrogens is 410 g/mol. The predicted octanol–water partition coefficient (Wildman–Crippen LogP) is 3.82. The Hall–Kier alpha value is -3.68. The second kappa shape index (κ2) is 9.21. The first-order valence-corrected chi connectivity index (χ1v) is 10.6. The number of piperidine rings is 1. The van der Waals surface area contributed by atoms with Crippen LogP contribution in [0.2, 0.25) is 0 Å². The Morgan fingerprint density at radius 1 is 1.09 bits per heavy atom. The van der Waals surface area contributed by atoms with Gasteiger partial charge in [-0.15, -0.1) is 0 Å². The molecule has 3 aromatic rings. The molecule has 4 rings (SSSR count). The molecule has 8 nitrogen and oxygen atoms in total. The summed E-state index contributed by atoms with van der Waals surface area (Å²) in [5, 5.41) is 2.70. The summed E-state index contributed by atoms with van der Waals surface area (Å²) in [5.74, 6) is -1.12. The van der Waals surface area contributed by atoms with Crippen LogP contribution in [0.15, 0.2) is 52.9 Å². The number of ether oxygens (including phenoxy) is 1. The van der Waals surface area contributed by atoms with Gasteiger partial charge in [0.1, 0.15) is 5.52 Å². The summed E-state index contributed by atoms with van der Waals surface area (Å²) in [5.41, 5.74) is 2.64. The molecule has 8 heteroatoms. The van der Waals surface area contributed by atoms with Gasteiger partial charge < -0.3 is 19.4 Å². The molecule has 32 heavy (non-hydrogen) atoms. The highest BCUT2D eigenvalue weighted by atomic mass is 16.5. The highest BCUT2D eigenvalue weighted by molar-refractivity contribution is 5.97. The van der Waals surface area contributed by atoms with Crippen molar-refractivity contribution in [2.75, 3.05) is 23.3 Å². The van der Waals surface area contributed by atoms with Gasteiger partial charge in [-0.3, -0.25) is 14.4 Å². The minimum Gasteiger partial charge on any atom is -0.452 e. The molecule has 1 N–H and O–H groups in total. The van der Waals surface area contributed by atoms with E-state index in [2.05, 4.69) is 10.3 Å². The summed E-state index contributed by atoms with van der Waals surface area (Å²) in [6.45, 7) is 4.27. The van der Waals surface area contributed by atoms with E-state index in [9.17, 15) is 14.4 Å². The molecule has 2 heterocycles. The number of fused-ring (bicyclic) bond motifs is 1. The average molecular weight is 435 g/mol. The predicted molar refractivity (Wildman–Crippen MR) is 120 cm³/mol. The smallest absolute Gasteiger partial charge is 0.309 e. The Bertz CT molecular complexity index is 1100. The maximum atomic E-state index is 12.6. The molecule has 1 aliphatic rings. The van der Waals surface area contributed by atoms with Crippen molar-refractivity contribution in [2.45, 2.75) is 32.8 Å². The Balaban J connectivity index is 1.27. The SMILES string of the molecule is CC(=O)c1ccc(NC(=O)C(C)OC(=O)C2CCN(c3nc4ccccc4o3)CC2)cc1. The first-order valence-electron chi connectivity index (χ1n) is 10.6. The summed E-state index contributed by atoms with van der Waals surface area (Å²) >= 11 is 0. The van der Waals surface area contributed by atoms with Gasteiger partial charge >= 0.3 is 5.97 Å². The zero-order valence-electron chi connectivity index (χ0n) is 18.0. The highest BCUT2D eigenvalue weighted by Gasteiger charge is 2.30. The van der Waals surface area contributed by atoms with Crippen LogP contribution in [0.1, 0.15) is 37.0 Å². The molecule has 0 spiro atoms. The van der Waals surface area contributed by atoms with Crippen molar-refractivity contribution in [1.29, 1.82) is 0 Å². The van der Waals surface area contributed by atoms with E-state index in [4.69, 9.17) is 9.15 Å². The molecule has 2 aromatic carbocycles. The number of para-hydroxylation sites is 2. The van der Waals surface area contributed by atoms with Crippen LogP contribution in [0.4, 0.5) is 11.7 Å². The van der Waals surface area contributed by atoms with Gasteiger partial charge in [-0.1, -0.05) is 12.1 Å². The van der Waals surface area contributed by atoms with Gasteiger partial charge in [0.05, 0.1) is 5.92 Å². The van der Waals surface area contributed by atoms with Crippen molar-refractivity contribution >= 4 is 40.5 Å². The molecule has 0 aliphatic carbocycles. The van der Waals surface area contributed by atoms with Gasteiger partial charge in [0.2, 0.25) is 0 Å². The van der Waals surface area contributed by atoms with E-state index in [1.54, 1.807) is 31.2 Å². The number of nitrogens with zero attached hydrogens (tertiary/aromatic N) is 2. The number of carbonyl (C=O) groups excluding carboxylic acids is 3. The van der Waals surface area contributed by atoms with E-state index < -0.39 is 12.0 Å². The number of esters is 1. The number of Topliss-reactive ketones (excluding diaryl/α,β-unsaturated/α-hetero) is 1. The number of ketones is 1. The third kappa shape index (κ3) is 4.80. The van der Waals surface area contributed by atoms with Crippen molar-refractivity contribution in [3.05, 3.63) is 54.1 Å². The lowest BCUT2D eigenvalue weighted by Crippen LogP contribution is -2.39. The van der Waals surface area contributed by atoms with Gasteiger partial charge in [0.15, 0.2) is 17.5 Å². The molecule has 1 amide bonds. The summed E-state index contributed by atoms with van der Waals surface area (Å²) < 4.78 is 11.2. The number of aromatic nitrogens is 1. The first kappa shape index (κ1) is 21.5. The van der Waals surface area contributed by atoms with Gasteiger partial charge in [-0.25, -0.2) is 0 Å².